The van der Waals surface area contributed by atoms with Gasteiger partial charge in [-0.05, 0) is 37.2 Å². The Morgan fingerprint density at radius 2 is 2.11 bits per heavy atom. The first-order valence-electron chi connectivity index (χ1n) is 6.14. The summed E-state index contributed by atoms with van der Waals surface area (Å²) in [5.41, 5.74) is 1.64. The Morgan fingerprint density at radius 1 is 1.11 bits per heavy atom. The van der Waals surface area contributed by atoms with Crippen LogP contribution in [0.4, 0.5) is 5.82 Å². The van der Waals surface area contributed by atoms with Gasteiger partial charge in [0.05, 0.1) is 5.69 Å². The summed E-state index contributed by atoms with van der Waals surface area (Å²) in [6, 6.07) is 10.1. The summed E-state index contributed by atoms with van der Waals surface area (Å²) < 4.78 is 0. The summed E-state index contributed by atoms with van der Waals surface area (Å²) in [7, 11) is 0. The van der Waals surface area contributed by atoms with Crippen molar-refractivity contribution in [2.75, 3.05) is 18.4 Å². The van der Waals surface area contributed by atoms with Crippen molar-refractivity contribution in [1.82, 2.24) is 20.5 Å². The molecule has 3 heterocycles. The van der Waals surface area contributed by atoms with Gasteiger partial charge in [0.1, 0.15) is 11.5 Å². The first-order valence-corrected chi connectivity index (χ1v) is 6.14. The van der Waals surface area contributed by atoms with E-state index in [-0.39, 0.29) is 0 Å². The number of nitrogens with zero attached hydrogens (tertiary/aromatic N) is 3. The van der Waals surface area contributed by atoms with Gasteiger partial charge < -0.3 is 10.6 Å². The van der Waals surface area contributed by atoms with Crippen molar-refractivity contribution in [1.29, 1.82) is 0 Å². The molecule has 0 aliphatic carbocycles. The third-order valence-corrected chi connectivity index (χ3v) is 3.00. The van der Waals surface area contributed by atoms with Gasteiger partial charge in [-0.1, -0.05) is 6.07 Å². The van der Waals surface area contributed by atoms with Crippen LogP contribution in [-0.4, -0.2) is 34.3 Å². The third-order valence-electron chi connectivity index (χ3n) is 3.00. The number of rotatable bonds is 3. The second-order valence-electron chi connectivity index (χ2n) is 4.35. The van der Waals surface area contributed by atoms with Gasteiger partial charge in [-0.15, -0.1) is 10.2 Å². The smallest absolute Gasteiger partial charge is 0.148 e. The van der Waals surface area contributed by atoms with E-state index < -0.39 is 0 Å². The molecule has 1 saturated heterocycles. The summed E-state index contributed by atoms with van der Waals surface area (Å²) in [5.74, 6) is 0.823. The average Bonchev–Trinajstić information content (AvgIpc) is 2.94. The Labute approximate surface area is 106 Å². The Morgan fingerprint density at radius 3 is 2.78 bits per heavy atom. The van der Waals surface area contributed by atoms with Crippen molar-refractivity contribution >= 4 is 5.82 Å². The molecule has 2 N–H and O–H groups in total. The third kappa shape index (κ3) is 2.46. The number of pyridine rings is 1. The van der Waals surface area contributed by atoms with Crippen LogP contribution >= 0.6 is 0 Å². The molecule has 1 atom stereocenters. The molecule has 0 saturated carbocycles. The lowest BCUT2D eigenvalue weighted by atomic mass is 10.2. The first kappa shape index (κ1) is 11.1. The lowest BCUT2D eigenvalue weighted by molar-refractivity contribution is 0.782. The van der Waals surface area contributed by atoms with Crippen LogP contribution in [0.25, 0.3) is 11.4 Å². The van der Waals surface area contributed by atoms with Gasteiger partial charge in [0.2, 0.25) is 0 Å². The highest BCUT2D eigenvalue weighted by Crippen LogP contribution is 2.14. The van der Waals surface area contributed by atoms with E-state index in [4.69, 9.17) is 0 Å². The van der Waals surface area contributed by atoms with Gasteiger partial charge >= 0.3 is 0 Å². The minimum Gasteiger partial charge on any atom is -0.365 e. The van der Waals surface area contributed by atoms with Crippen molar-refractivity contribution in [3.05, 3.63) is 36.5 Å². The number of anilines is 1. The van der Waals surface area contributed by atoms with Gasteiger partial charge in [-0.2, -0.15) is 0 Å². The molecule has 18 heavy (non-hydrogen) atoms. The highest BCUT2D eigenvalue weighted by molar-refractivity contribution is 5.54. The second-order valence-corrected chi connectivity index (χ2v) is 4.35. The molecule has 3 rings (SSSR count). The van der Waals surface area contributed by atoms with Crippen molar-refractivity contribution in [3.8, 4) is 11.4 Å². The largest absolute Gasteiger partial charge is 0.365 e. The Kier molecular flexibility index (Phi) is 3.14. The predicted octanol–water partition coefficient (Wildman–Crippen LogP) is 1.31. The van der Waals surface area contributed by atoms with Gasteiger partial charge in [0, 0.05) is 18.8 Å². The zero-order valence-electron chi connectivity index (χ0n) is 10.0. The lowest BCUT2D eigenvalue weighted by Crippen LogP contribution is -2.22. The molecule has 1 unspecified atom stereocenters. The van der Waals surface area contributed by atoms with Crippen molar-refractivity contribution in [3.63, 3.8) is 0 Å². The molecule has 0 radical (unpaired) electrons. The normalized spacial score (nSPS) is 18.8. The number of hydrogen-bond acceptors (Lipinski definition) is 5. The van der Waals surface area contributed by atoms with Crippen LogP contribution in [0.3, 0.4) is 0 Å². The molecule has 0 amide bonds. The van der Waals surface area contributed by atoms with Crippen LogP contribution in [0, 0.1) is 0 Å². The van der Waals surface area contributed by atoms with Crippen LogP contribution < -0.4 is 10.6 Å². The molecule has 2 aromatic rings. The molecule has 1 fully saturated rings. The zero-order valence-corrected chi connectivity index (χ0v) is 10.0. The van der Waals surface area contributed by atoms with E-state index in [0.29, 0.717) is 6.04 Å². The van der Waals surface area contributed by atoms with Gasteiger partial charge in [-0.3, -0.25) is 4.98 Å². The highest BCUT2D eigenvalue weighted by Gasteiger charge is 2.14. The van der Waals surface area contributed by atoms with E-state index in [2.05, 4.69) is 25.8 Å². The Bertz CT molecular complexity index is 491. The summed E-state index contributed by atoms with van der Waals surface area (Å²) in [4.78, 5) is 4.25. The molecule has 5 nitrogen and oxygen atoms in total. The van der Waals surface area contributed by atoms with E-state index in [1.54, 1.807) is 6.20 Å². The maximum absolute atomic E-state index is 4.25. The molecular formula is C13H15N5. The van der Waals surface area contributed by atoms with Gasteiger partial charge in [-0.25, -0.2) is 0 Å². The molecule has 92 valence electrons. The van der Waals surface area contributed by atoms with Crippen molar-refractivity contribution in [2.24, 2.45) is 0 Å². The van der Waals surface area contributed by atoms with Crippen LogP contribution in [0.1, 0.15) is 6.42 Å². The van der Waals surface area contributed by atoms with Crippen LogP contribution in [-0.2, 0) is 0 Å². The average molecular weight is 241 g/mol. The monoisotopic (exact) mass is 241 g/mol. The lowest BCUT2D eigenvalue weighted by Gasteiger charge is -2.11. The minimum atomic E-state index is 0.458. The van der Waals surface area contributed by atoms with Crippen molar-refractivity contribution < 1.29 is 0 Å². The molecule has 5 heteroatoms. The quantitative estimate of drug-likeness (QED) is 0.848. The fraction of sp³-hybridized carbons (Fsp3) is 0.308. The number of aromatic nitrogens is 3. The molecule has 0 aromatic carbocycles. The predicted molar refractivity (Wildman–Crippen MR) is 70.2 cm³/mol. The Hall–Kier alpha value is -2.01. The number of hydrogen-bond donors (Lipinski definition) is 2. The molecule has 1 aliphatic heterocycles. The van der Waals surface area contributed by atoms with E-state index >= 15 is 0 Å². The summed E-state index contributed by atoms with van der Waals surface area (Å²) in [5, 5.41) is 15.1. The maximum atomic E-state index is 4.25. The van der Waals surface area contributed by atoms with E-state index in [1.165, 1.54) is 0 Å². The van der Waals surface area contributed by atoms with E-state index in [1.807, 2.05) is 30.3 Å². The molecule has 0 spiro atoms. The summed E-state index contributed by atoms with van der Waals surface area (Å²) in [6.45, 7) is 2.06. The molecular weight excluding hydrogens is 226 g/mol. The zero-order chi connectivity index (χ0) is 12.2. The maximum Gasteiger partial charge on any atom is 0.148 e. The first-order chi connectivity index (χ1) is 8.92. The highest BCUT2D eigenvalue weighted by atomic mass is 15.2. The Balaban J connectivity index is 1.72. The minimum absolute atomic E-state index is 0.458. The molecule has 1 aliphatic rings. The van der Waals surface area contributed by atoms with E-state index in [0.717, 1.165) is 36.7 Å². The van der Waals surface area contributed by atoms with Crippen molar-refractivity contribution in [2.45, 2.75) is 12.5 Å². The topological polar surface area (TPSA) is 62.7 Å². The second kappa shape index (κ2) is 5.10. The van der Waals surface area contributed by atoms with Crippen LogP contribution in [0.5, 0.6) is 0 Å². The standard InChI is InChI=1S/C13H15N5/c1-2-7-15-11(3-1)12-4-5-13(18-17-12)16-10-6-8-14-9-10/h1-5,7,10,14H,6,8-9H2,(H,16,18). The summed E-state index contributed by atoms with van der Waals surface area (Å²) >= 11 is 0. The SMILES string of the molecule is c1ccc(-c2ccc(NC3CCNC3)nn2)nc1. The van der Waals surface area contributed by atoms with Crippen LogP contribution in [0.15, 0.2) is 36.5 Å². The molecule has 0 bridgehead atoms. The van der Waals surface area contributed by atoms with Gasteiger partial charge in [0.25, 0.3) is 0 Å². The molecule has 2 aromatic heterocycles. The fourth-order valence-corrected chi connectivity index (χ4v) is 2.05. The van der Waals surface area contributed by atoms with Crippen LogP contribution in [0.2, 0.25) is 0 Å². The van der Waals surface area contributed by atoms with Gasteiger partial charge in [0.15, 0.2) is 0 Å². The summed E-state index contributed by atoms with van der Waals surface area (Å²) in [6.07, 6.45) is 2.89. The van der Waals surface area contributed by atoms with E-state index in [9.17, 15) is 0 Å². The fourth-order valence-electron chi connectivity index (χ4n) is 2.05. The number of nitrogens with one attached hydrogen (secondary N) is 2.